The summed E-state index contributed by atoms with van der Waals surface area (Å²) in [7, 11) is 0. The molecule has 0 radical (unpaired) electrons. The largest absolute Gasteiger partial charge is 0.361 e. The first-order valence-electron chi connectivity index (χ1n) is 45.8. The normalized spacial score (nSPS) is 11.6. The van der Waals surface area contributed by atoms with Crippen LogP contribution in [-0.4, -0.2) is 124 Å². The molecule has 0 bridgehead atoms. The molecule has 12 heterocycles. The smallest absolute Gasteiger partial charge is 0.338 e. The van der Waals surface area contributed by atoms with Gasteiger partial charge in [-0.25, -0.2) is 87.9 Å². The average molecular weight is 2070 g/mol. The number of benzene rings is 8. The highest BCUT2D eigenvalue weighted by molar-refractivity contribution is 7.14. The number of pyridine rings is 1. The minimum Gasteiger partial charge on any atom is -0.361 e. The van der Waals surface area contributed by atoms with Crippen molar-refractivity contribution in [2.75, 3.05) is 42.5 Å². The van der Waals surface area contributed by atoms with E-state index in [1.54, 1.807) is 24.8 Å². The second kappa shape index (κ2) is 42.5. The number of hydrogen-bond donors (Lipinski definition) is 14. The quantitative estimate of drug-likeness (QED) is 0.0318. The summed E-state index contributed by atoms with van der Waals surface area (Å²) < 4.78 is 12.1. The predicted molar refractivity (Wildman–Crippen MR) is 577 cm³/mol. The fraction of sp³-hybridized carbons (Fsp3) is 0.198. The average Bonchev–Trinajstić information content (AvgIpc) is 1.66. The second-order valence-electron chi connectivity index (χ2n) is 37.8. The van der Waals surface area contributed by atoms with E-state index in [0.717, 1.165) is 158 Å². The molecule has 147 heavy (non-hydrogen) atoms. The molecule has 750 valence electrons. The van der Waals surface area contributed by atoms with Crippen LogP contribution in [0.1, 0.15) is 128 Å². The summed E-state index contributed by atoms with van der Waals surface area (Å²) in [6, 6.07) is 71.5. The summed E-state index contributed by atoms with van der Waals surface area (Å²) in [5.41, 5.74) is 12.7. The molecule has 41 nitrogen and oxygen atoms in total. The number of imidazole rings is 1. The number of nitrogens with one attached hydrogen (secondary N) is 14. The molecule has 8 aromatic carbocycles. The minimum absolute atomic E-state index is 0.232. The van der Waals surface area contributed by atoms with E-state index in [9.17, 15) is 57.5 Å². The summed E-state index contributed by atoms with van der Waals surface area (Å²) in [5, 5.41) is 46.1. The van der Waals surface area contributed by atoms with Gasteiger partial charge in [0.25, 0.3) is 0 Å². The van der Waals surface area contributed by atoms with Gasteiger partial charge in [0, 0.05) is 131 Å². The highest BCUT2D eigenvalue weighted by Gasteiger charge is 2.28. The number of rotatable bonds is 21. The Bertz CT molecular complexity index is 8530. The Morgan fingerprint density at radius 2 is 0.687 bits per heavy atom. The maximum Gasteiger partial charge on any atom is 0.338 e. The Morgan fingerprint density at radius 3 is 1.07 bits per heavy atom. The number of fused-ring (bicyclic) bond motifs is 3. The summed E-state index contributed by atoms with van der Waals surface area (Å²) in [4.78, 5) is 171. The Hall–Kier alpha value is -17.6. The number of urea groups is 4. The van der Waals surface area contributed by atoms with Gasteiger partial charge >= 0.3 is 66.4 Å². The molecule has 12 aromatic heterocycles. The lowest BCUT2D eigenvalue weighted by Crippen LogP contribution is -2.22. The van der Waals surface area contributed by atoms with Crippen molar-refractivity contribution >= 4 is 160 Å². The van der Waals surface area contributed by atoms with Gasteiger partial charge in [0.2, 0.25) is 5.95 Å². The second-order valence-corrected chi connectivity index (χ2v) is 42.7. The van der Waals surface area contributed by atoms with Gasteiger partial charge in [0.1, 0.15) is 29.1 Å². The van der Waals surface area contributed by atoms with Crippen molar-refractivity contribution < 1.29 is 19.2 Å². The van der Waals surface area contributed by atoms with E-state index in [0.29, 0.717) is 45.9 Å². The third-order valence-electron chi connectivity index (χ3n) is 22.5. The number of nitrogens with zero attached hydrogens (tertiary/aromatic N) is 15. The lowest BCUT2D eigenvalue weighted by atomic mass is 9.92. The summed E-state index contributed by atoms with van der Waals surface area (Å²) in [5.74, 6) is 2.78. The number of hydrogen-bond acceptors (Lipinski definition) is 24. The molecule has 0 aliphatic carbocycles. The Balaban J connectivity index is 0.000000134. The fourth-order valence-corrected chi connectivity index (χ4v) is 18.2. The number of anilines is 8. The van der Waals surface area contributed by atoms with Crippen molar-refractivity contribution in [3.05, 3.63) is 374 Å². The molecule has 0 fully saturated rings. The van der Waals surface area contributed by atoms with Crippen LogP contribution in [0.15, 0.2) is 287 Å². The zero-order chi connectivity index (χ0) is 104. The SMILES string of the molecule is CC(C)(C)c1cc(NC(=O)Nc2ccc3[nH]ccc3c2)n(-c2ccc(Cn3sc(=O)[nH]c3=O)cc2)n1.CC(C)(C)c1cc(NC(=O)Nc2ccc3ccccc3n2)n(-c2ccc(Cn3sc(=O)[nH]c3=O)cc2)n1.CC(C)(C)c1cc(NC(=O)Nc2nc(-c3ccccc3)cs2)n(-c2ccc(Cn3sc(=O)[nH]c3=O)cc2)n1.CC(C)(C)c1cc(NC(=O)Nc2nc3ccccc3[nH]2)n(-c2ccc(Cn3sc(=O)[nH]c3=O)cc2)n1. The molecule has 0 atom stereocenters. The van der Waals surface area contributed by atoms with Crippen LogP contribution >= 0.6 is 57.5 Å². The van der Waals surface area contributed by atoms with Crippen molar-refractivity contribution in [3.63, 3.8) is 0 Å². The maximum absolute atomic E-state index is 12.9. The van der Waals surface area contributed by atoms with Crippen LogP contribution in [0, 0.1) is 0 Å². The van der Waals surface area contributed by atoms with Gasteiger partial charge in [-0.3, -0.25) is 76.3 Å². The van der Waals surface area contributed by atoms with Crippen LogP contribution in [-0.2, 0) is 47.8 Å². The Kier molecular flexibility index (Phi) is 29.2. The van der Waals surface area contributed by atoms with Crippen molar-refractivity contribution in [2.24, 2.45) is 0 Å². The summed E-state index contributed by atoms with van der Waals surface area (Å²) >= 11 is 4.72. The lowest BCUT2D eigenvalue weighted by molar-refractivity contribution is 0.261. The topological polar surface area (TPSA) is 525 Å². The van der Waals surface area contributed by atoms with Crippen molar-refractivity contribution in [1.82, 2.24) is 99.8 Å². The lowest BCUT2D eigenvalue weighted by Gasteiger charge is -2.14. The van der Waals surface area contributed by atoms with E-state index in [-0.39, 0.29) is 73.4 Å². The first-order valence-corrected chi connectivity index (χ1v) is 49.8. The molecule has 0 aliphatic rings. The number of amides is 8. The summed E-state index contributed by atoms with van der Waals surface area (Å²) in [6.07, 6.45) is 1.85. The molecule has 14 N–H and O–H groups in total. The number of H-pyrrole nitrogens is 6. The highest BCUT2D eigenvalue weighted by atomic mass is 32.1. The molecular formula is C101H99N29O12S5. The van der Waals surface area contributed by atoms with Crippen LogP contribution in [0.5, 0.6) is 0 Å². The highest BCUT2D eigenvalue weighted by Crippen LogP contribution is 2.34. The molecule has 0 saturated carbocycles. The van der Waals surface area contributed by atoms with Crippen LogP contribution < -0.4 is 84.8 Å². The van der Waals surface area contributed by atoms with Gasteiger partial charge in [0.15, 0.2) is 5.13 Å². The number of aromatic amines is 6. The van der Waals surface area contributed by atoms with E-state index in [2.05, 4.69) is 108 Å². The monoisotopic (exact) mass is 2070 g/mol. The van der Waals surface area contributed by atoms with Crippen molar-refractivity contribution in [3.8, 4) is 34.0 Å². The molecule has 8 amide bonds. The minimum atomic E-state index is -0.464. The standard InChI is InChI=1S/C26H25N7O3S2.C26H25N7O3S.C25H25N7O3S.C24H24N8O3S/c1-26(2,3)20-13-21(28-22(34)29-23-27-19(15-37-23)17-7-5-4-6-8-17)33(31-20)18-11-9-16(10-12-18)14-32-24(35)30-25(36)38-32;1-26(2,3)20-14-22(29-23(34)28-21-13-10-17-6-4-5-7-19(17)27-21)33(31-20)18-11-8-16(9-12-18)15-32-24(35)30-25(36)37-32;1-25(2,3)20-13-21(28-22(33)27-17-6-9-19-16(12-17)10-11-26-19)32(30-20)18-7-4-15(5-8-18)14-31-23(34)29-24(35)36-31;1-24(2,3)18-12-19(27-21(33)28-20-25-16-6-4-5-7-17(16)26-20)32(30-18)15-10-8-14(9-11-15)13-31-22(34)29-23(35)36-31/h4-13,15H,14H2,1-3H3,(H,30,35,36)(H2,27,28,29,34);4-14H,15H2,1-3H3,(H,30,35,36)(H2,27,28,29,34);4-13,26H,14H2,1-3H3,(H2,27,28,33)(H,29,34,35);4-12H,13H2,1-3H3,(H,29,34,35)(H3,25,26,27,28,33). The van der Waals surface area contributed by atoms with Crippen LogP contribution in [0.4, 0.5) is 65.0 Å². The molecule has 46 heteroatoms. The number of carbonyl (C=O) groups is 4. The van der Waals surface area contributed by atoms with E-state index in [1.165, 1.54) is 27.2 Å². The van der Waals surface area contributed by atoms with E-state index in [4.69, 9.17) is 20.4 Å². The van der Waals surface area contributed by atoms with Crippen LogP contribution in [0.2, 0.25) is 0 Å². The fourth-order valence-electron chi connectivity index (χ4n) is 14.8. The van der Waals surface area contributed by atoms with Crippen molar-refractivity contribution in [1.29, 1.82) is 0 Å². The molecular weight excluding hydrogens is 1970 g/mol. The van der Waals surface area contributed by atoms with Crippen molar-refractivity contribution in [2.45, 2.75) is 131 Å². The van der Waals surface area contributed by atoms with Gasteiger partial charge in [0.05, 0.1) is 93.9 Å². The molecule has 20 rings (SSSR count). The number of para-hydroxylation sites is 3. The van der Waals surface area contributed by atoms with Gasteiger partial charge in [-0.1, -0.05) is 192 Å². The zero-order valence-electron chi connectivity index (χ0n) is 81.1. The Morgan fingerprint density at radius 1 is 0.320 bits per heavy atom. The molecule has 0 saturated heterocycles. The number of thiazole rings is 1. The van der Waals surface area contributed by atoms with Crippen LogP contribution in [0.25, 0.3) is 66.8 Å². The number of aromatic nitrogens is 21. The third kappa shape index (κ3) is 25.2. The van der Waals surface area contributed by atoms with Gasteiger partial charge < -0.3 is 15.3 Å². The number of carbonyl (C=O) groups excluding carboxylic acids is 4. The summed E-state index contributed by atoms with van der Waals surface area (Å²) in [6.45, 7) is 25.7. The van der Waals surface area contributed by atoms with E-state index in [1.807, 2.05) is 304 Å². The molecule has 20 aromatic rings. The van der Waals surface area contributed by atoms with Gasteiger partial charge in [-0.2, -0.15) is 20.4 Å². The van der Waals surface area contributed by atoms with Crippen LogP contribution in [0.3, 0.4) is 0 Å². The van der Waals surface area contributed by atoms with E-state index >= 15 is 0 Å². The Labute approximate surface area is 854 Å². The molecule has 0 spiro atoms. The third-order valence-corrected chi connectivity index (χ3v) is 26.4. The maximum atomic E-state index is 12.9. The molecule has 0 unspecified atom stereocenters. The first-order chi connectivity index (χ1) is 70.1. The van der Waals surface area contributed by atoms with E-state index < -0.39 is 40.9 Å². The molecule has 0 aliphatic heterocycles. The van der Waals surface area contributed by atoms with Gasteiger partial charge in [-0.15, -0.1) is 11.3 Å². The van der Waals surface area contributed by atoms with Gasteiger partial charge in [-0.05, 0) is 125 Å². The zero-order valence-corrected chi connectivity index (χ0v) is 85.2. The first kappa shape index (κ1) is 101. The predicted octanol–water partition coefficient (Wildman–Crippen LogP) is 17.1.